The van der Waals surface area contributed by atoms with Gasteiger partial charge in [0.2, 0.25) is 10.0 Å². The number of carbonyl (C=O) groups is 1. The van der Waals surface area contributed by atoms with Crippen LogP contribution in [0.2, 0.25) is 0 Å². The molecule has 0 unspecified atom stereocenters. The van der Waals surface area contributed by atoms with E-state index in [0.29, 0.717) is 30.1 Å². The Labute approximate surface area is 179 Å². The molecule has 0 radical (unpaired) electrons. The number of ether oxygens (including phenoxy) is 1. The fourth-order valence-corrected chi connectivity index (χ4v) is 4.48. The lowest BCUT2D eigenvalue weighted by atomic mass is 10.1. The minimum absolute atomic E-state index is 0.0110. The quantitative estimate of drug-likeness (QED) is 0.411. The van der Waals surface area contributed by atoms with E-state index in [1.165, 1.54) is 34.6 Å². The average Bonchev–Trinajstić information content (AvgIpc) is 2.78. The molecule has 31 heavy (non-hydrogen) atoms. The number of nitro benzene ring substituents is 1. The van der Waals surface area contributed by atoms with Gasteiger partial charge < -0.3 is 4.74 Å². The van der Waals surface area contributed by atoms with Gasteiger partial charge in [0, 0.05) is 35.8 Å². The highest BCUT2D eigenvalue weighted by molar-refractivity contribution is 7.89. The lowest BCUT2D eigenvalue weighted by Crippen LogP contribution is -2.40. The van der Waals surface area contributed by atoms with Crippen LogP contribution >= 0.6 is 0 Å². The standard InChI is InChI=1S/C20H22N4O6S/c1-14-6-7-16(13-19(14)24(26)27)15(2)21-22-20(25)17-4-3-5-18(12-17)31(28,29)23-8-10-30-11-9-23/h3-7,12-13H,8-11H2,1-2H3,(H,22,25)/b21-15+. The van der Waals surface area contributed by atoms with Crippen molar-refractivity contribution in [1.29, 1.82) is 0 Å². The highest BCUT2D eigenvalue weighted by Gasteiger charge is 2.26. The zero-order valence-corrected chi connectivity index (χ0v) is 17.9. The van der Waals surface area contributed by atoms with E-state index in [1.807, 2.05) is 0 Å². The van der Waals surface area contributed by atoms with Gasteiger partial charge in [0.05, 0.1) is 28.7 Å². The molecule has 2 aromatic carbocycles. The van der Waals surface area contributed by atoms with Crippen molar-refractivity contribution in [1.82, 2.24) is 9.73 Å². The topological polar surface area (TPSA) is 131 Å². The smallest absolute Gasteiger partial charge is 0.272 e. The molecule has 1 aliphatic rings. The van der Waals surface area contributed by atoms with Gasteiger partial charge in [-0.1, -0.05) is 18.2 Å². The molecule has 10 nitrogen and oxygen atoms in total. The van der Waals surface area contributed by atoms with Crippen LogP contribution in [0.15, 0.2) is 52.5 Å². The number of sulfonamides is 1. The van der Waals surface area contributed by atoms with E-state index in [0.717, 1.165) is 0 Å². The average molecular weight is 446 g/mol. The summed E-state index contributed by atoms with van der Waals surface area (Å²) in [6.07, 6.45) is 0. The molecule has 164 valence electrons. The minimum atomic E-state index is -3.74. The van der Waals surface area contributed by atoms with E-state index in [9.17, 15) is 23.3 Å². The minimum Gasteiger partial charge on any atom is -0.379 e. The first-order chi connectivity index (χ1) is 14.7. The Bertz CT molecular complexity index is 1140. The SMILES string of the molecule is C/C(=N\NC(=O)c1cccc(S(=O)(=O)N2CCOCC2)c1)c1ccc(C)c([N+](=O)[O-])c1. The number of carbonyl (C=O) groups excluding carboxylic acids is 1. The zero-order valence-electron chi connectivity index (χ0n) is 17.1. The maximum atomic E-state index is 12.8. The van der Waals surface area contributed by atoms with Gasteiger partial charge >= 0.3 is 0 Å². The van der Waals surface area contributed by atoms with Crippen LogP contribution in [0.4, 0.5) is 5.69 Å². The first kappa shape index (κ1) is 22.5. The molecule has 11 heteroatoms. The summed E-state index contributed by atoms with van der Waals surface area (Å²) in [6.45, 7) is 4.40. The summed E-state index contributed by atoms with van der Waals surface area (Å²) in [5.74, 6) is -0.597. The molecule has 0 saturated carbocycles. The molecular weight excluding hydrogens is 424 g/mol. The molecule has 0 aromatic heterocycles. The molecule has 1 saturated heterocycles. The summed E-state index contributed by atoms with van der Waals surface area (Å²) in [5, 5.41) is 15.1. The summed E-state index contributed by atoms with van der Waals surface area (Å²) in [6, 6.07) is 10.4. The largest absolute Gasteiger partial charge is 0.379 e. The molecule has 0 atom stereocenters. The monoisotopic (exact) mass is 446 g/mol. The van der Waals surface area contributed by atoms with E-state index >= 15 is 0 Å². The van der Waals surface area contributed by atoms with Gasteiger partial charge in [0.15, 0.2) is 0 Å². The highest BCUT2D eigenvalue weighted by Crippen LogP contribution is 2.20. The Balaban J connectivity index is 1.77. The van der Waals surface area contributed by atoms with Crippen LogP contribution in [-0.2, 0) is 14.8 Å². The number of amides is 1. The predicted octanol–water partition coefficient (Wildman–Crippen LogP) is 2.08. The van der Waals surface area contributed by atoms with Crippen LogP contribution in [0.1, 0.15) is 28.4 Å². The van der Waals surface area contributed by atoms with Crippen molar-refractivity contribution in [2.24, 2.45) is 5.10 Å². The molecular formula is C20H22N4O6S. The van der Waals surface area contributed by atoms with Crippen LogP contribution < -0.4 is 5.43 Å². The van der Waals surface area contributed by atoms with Crippen molar-refractivity contribution >= 4 is 27.3 Å². The summed E-state index contributed by atoms with van der Waals surface area (Å²) >= 11 is 0. The summed E-state index contributed by atoms with van der Waals surface area (Å²) in [4.78, 5) is 23.2. The maximum Gasteiger partial charge on any atom is 0.272 e. The van der Waals surface area contributed by atoms with Crippen molar-refractivity contribution < 1.29 is 22.9 Å². The fourth-order valence-electron chi connectivity index (χ4n) is 3.03. The van der Waals surface area contributed by atoms with Crippen molar-refractivity contribution in [3.8, 4) is 0 Å². The number of benzene rings is 2. The number of hydrogen-bond donors (Lipinski definition) is 1. The second-order valence-electron chi connectivity index (χ2n) is 6.94. The molecule has 1 N–H and O–H groups in total. The molecule has 0 aliphatic carbocycles. The number of nitro groups is 1. The van der Waals surface area contributed by atoms with E-state index < -0.39 is 20.9 Å². The number of hydrogen-bond acceptors (Lipinski definition) is 7. The summed E-state index contributed by atoms with van der Waals surface area (Å²) in [7, 11) is -3.74. The van der Waals surface area contributed by atoms with Gasteiger partial charge in [-0.05, 0) is 32.0 Å². The molecule has 2 aromatic rings. The van der Waals surface area contributed by atoms with E-state index in [4.69, 9.17) is 4.74 Å². The normalized spacial score (nSPS) is 15.5. The van der Waals surface area contributed by atoms with E-state index in [-0.39, 0.29) is 29.2 Å². The summed E-state index contributed by atoms with van der Waals surface area (Å²) < 4.78 is 32.1. The Morgan fingerprint density at radius 2 is 1.87 bits per heavy atom. The van der Waals surface area contributed by atoms with Crippen molar-refractivity contribution in [3.63, 3.8) is 0 Å². The van der Waals surface area contributed by atoms with Crippen LogP contribution in [0.5, 0.6) is 0 Å². The van der Waals surface area contributed by atoms with Crippen molar-refractivity contribution in [2.75, 3.05) is 26.3 Å². The number of nitrogens with zero attached hydrogens (tertiary/aromatic N) is 3. The van der Waals surface area contributed by atoms with E-state index in [2.05, 4.69) is 10.5 Å². The second kappa shape index (κ2) is 9.33. The Hall–Kier alpha value is -3.15. The highest BCUT2D eigenvalue weighted by atomic mass is 32.2. The Kier molecular flexibility index (Phi) is 6.78. The van der Waals surface area contributed by atoms with E-state index in [1.54, 1.807) is 26.0 Å². The molecule has 1 heterocycles. The van der Waals surface area contributed by atoms with Gasteiger partial charge in [0.1, 0.15) is 0 Å². The molecule has 1 aliphatic heterocycles. The second-order valence-corrected chi connectivity index (χ2v) is 8.88. The number of rotatable bonds is 6. The van der Waals surface area contributed by atoms with Gasteiger partial charge in [-0.3, -0.25) is 14.9 Å². The third-order valence-electron chi connectivity index (χ3n) is 4.85. The number of hydrazone groups is 1. The van der Waals surface area contributed by atoms with Crippen molar-refractivity contribution in [3.05, 3.63) is 69.3 Å². The van der Waals surface area contributed by atoms with Gasteiger partial charge in [-0.2, -0.15) is 9.41 Å². The third kappa shape index (κ3) is 5.13. The van der Waals surface area contributed by atoms with Crippen molar-refractivity contribution in [2.45, 2.75) is 18.7 Å². The Morgan fingerprint density at radius 1 is 1.16 bits per heavy atom. The third-order valence-corrected chi connectivity index (χ3v) is 6.75. The van der Waals surface area contributed by atoms with Crippen LogP contribution in [0.3, 0.4) is 0 Å². The molecule has 1 amide bonds. The lowest BCUT2D eigenvalue weighted by Gasteiger charge is -2.26. The molecule has 1 fully saturated rings. The molecule has 0 bridgehead atoms. The number of aryl methyl sites for hydroxylation is 1. The van der Waals surface area contributed by atoms with Gasteiger partial charge in [0.25, 0.3) is 11.6 Å². The number of nitrogens with one attached hydrogen (secondary N) is 1. The lowest BCUT2D eigenvalue weighted by molar-refractivity contribution is -0.385. The molecule has 0 spiro atoms. The van der Waals surface area contributed by atoms with Crippen LogP contribution in [0.25, 0.3) is 0 Å². The van der Waals surface area contributed by atoms with Crippen LogP contribution in [-0.4, -0.2) is 55.6 Å². The molecule has 3 rings (SSSR count). The fraction of sp³-hybridized carbons (Fsp3) is 0.300. The summed E-state index contributed by atoms with van der Waals surface area (Å²) in [5.41, 5.74) is 3.83. The van der Waals surface area contributed by atoms with Crippen LogP contribution in [0, 0.1) is 17.0 Å². The Morgan fingerprint density at radius 3 is 2.55 bits per heavy atom. The predicted molar refractivity (Wildman–Crippen MR) is 114 cm³/mol. The first-order valence-electron chi connectivity index (χ1n) is 9.48. The van der Waals surface area contributed by atoms with Gasteiger partial charge in [-0.15, -0.1) is 0 Å². The first-order valence-corrected chi connectivity index (χ1v) is 10.9. The van der Waals surface area contributed by atoms with Gasteiger partial charge in [-0.25, -0.2) is 13.8 Å². The maximum absolute atomic E-state index is 12.8. The zero-order chi connectivity index (χ0) is 22.6. The number of morpholine rings is 1.